The van der Waals surface area contributed by atoms with E-state index in [0.717, 1.165) is 119 Å². The summed E-state index contributed by atoms with van der Waals surface area (Å²) in [5.41, 5.74) is 3.53. The van der Waals surface area contributed by atoms with Gasteiger partial charge in [0.1, 0.15) is 5.82 Å². The lowest BCUT2D eigenvalue weighted by Gasteiger charge is -2.36. The molecular formula is C37H47N7O2. The standard InChI is InChI=1S/C37H47N7O2/c1-45-34-24-32-33(25-35(34)46-27-29-12-16-38-17-13-29)40-37(44-22-20-43(21-23-44)31-10-6-3-7-11-31)41-36(32)39-30-14-18-42(19-15-30)26-28-8-4-2-5-9-28/h2-11,24-25,29-30,38H,12-23,26-27H2,1H3,(H,39,40,41). The van der Waals surface area contributed by atoms with Crippen LogP contribution in [0.1, 0.15) is 31.2 Å². The number of benzene rings is 3. The summed E-state index contributed by atoms with van der Waals surface area (Å²) in [6.07, 6.45) is 4.40. The van der Waals surface area contributed by atoms with Gasteiger partial charge in [0, 0.05) is 69.0 Å². The highest BCUT2D eigenvalue weighted by Crippen LogP contribution is 2.37. The van der Waals surface area contributed by atoms with Crippen LogP contribution in [-0.2, 0) is 6.54 Å². The molecule has 0 unspecified atom stereocenters. The fraction of sp³-hybridized carbons (Fsp3) is 0.459. The Morgan fingerprint density at radius 1 is 0.783 bits per heavy atom. The summed E-state index contributed by atoms with van der Waals surface area (Å²) in [4.78, 5) is 17.7. The van der Waals surface area contributed by atoms with Crippen LogP contribution in [0.5, 0.6) is 11.5 Å². The maximum atomic E-state index is 6.42. The van der Waals surface area contributed by atoms with E-state index >= 15 is 0 Å². The Balaban J connectivity index is 1.12. The van der Waals surface area contributed by atoms with Crippen LogP contribution >= 0.6 is 0 Å². The fourth-order valence-corrected chi connectivity index (χ4v) is 6.98. The summed E-state index contributed by atoms with van der Waals surface area (Å²) in [6.45, 7) is 9.51. The molecule has 0 aliphatic carbocycles. The summed E-state index contributed by atoms with van der Waals surface area (Å²) < 4.78 is 12.3. The number of rotatable bonds is 10. The van der Waals surface area contributed by atoms with E-state index in [2.05, 4.69) is 98.1 Å². The molecule has 4 aromatic rings. The topological polar surface area (TPSA) is 78.0 Å². The van der Waals surface area contributed by atoms with E-state index in [-0.39, 0.29) is 0 Å². The Labute approximate surface area is 272 Å². The number of fused-ring (bicyclic) bond motifs is 1. The molecule has 46 heavy (non-hydrogen) atoms. The number of anilines is 3. The molecule has 0 bridgehead atoms. The lowest BCUT2D eigenvalue weighted by Crippen LogP contribution is -2.47. The molecule has 0 spiro atoms. The maximum Gasteiger partial charge on any atom is 0.228 e. The third-order valence-electron chi connectivity index (χ3n) is 9.76. The van der Waals surface area contributed by atoms with E-state index in [1.807, 2.05) is 0 Å². The van der Waals surface area contributed by atoms with E-state index < -0.39 is 0 Å². The molecule has 3 fully saturated rings. The van der Waals surface area contributed by atoms with Crippen molar-refractivity contribution < 1.29 is 9.47 Å². The van der Waals surface area contributed by atoms with E-state index in [1.54, 1.807) is 7.11 Å². The predicted octanol–water partition coefficient (Wildman–Crippen LogP) is 5.42. The average Bonchev–Trinajstić information content (AvgIpc) is 3.12. The first-order valence-electron chi connectivity index (χ1n) is 17.0. The molecule has 3 saturated heterocycles. The van der Waals surface area contributed by atoms with Crippen molar-refractivity contribution in [2.75, 3.05) is 81.2 Å². The van der Waals surface area contributed by atoms with Crippen molar-refractivity contribution in [3.63, 3.8) is 0 Å². The molecule has 3 aromatic carbocycles. The molecule has 0 atom stereocenters. The summed E-state index contributed by atoms with van der Waals surface area (Å²) in [5.74, 6) is 3.70. The van der Waals surface area contributed by atoms with Crippen molar-refractivity contribution >= 4 is 28.4 Å². The molecule has 2 N–H and O–H groups in total. The van der Waals surface area contributed by atoms with Crippen LogP contribution in [0, 0.1) is 5.92 Å². The molecule has 242 valence electrons. The highest BCUT2D eigenvalue weighted by Gasteiger charge is 2.25. The van der Waals surface area contributed by atoms with Gasteiger partial charge in [-0.3, -0.25) is 4.90 Å². The third kappa shape index (κ3) is 7.32. The van der Waals surface area contributed by atoms with Gasteiger partial charge in [0.05, 0.1) is 19.2 Å². The van der Waals surface area contributed by atoms with Gasteiger partial charge in [-0.05, 0) is 68.5 Å². The number of piperidine rings is 2. The van der Waals surface area contributed by atoms with Gasteiger partial charge < -0.3 is 29.9 Å². The number of nitrogens with zero attached hydrogens (tertiary/aromatic N) is 5. The first-order chi connectivity index (χ1) is 22.7. The first-order valence-corrected chi connectivity index (χ1v) is 17.0. The fourth-order valence-electron chi connectivity index (χ4n) is 6.98. The number of hydrogen-bond acceptors (Lipinski definition) is 9. The van der Waals surface area contributed by atoms with Crippen LogP contribution in [0.2, 0.25) is 0 Å². The summed E-state index contributed by atoms with van der Waals surface area (Å²) in [5, 5.41) is 8.28. The Kier molecular flexibility index (Phi) is 9.68. The van der Waals surface area contributed by atoms with E-state index in [4.69, 9.17) is 19.4 Å². The molecule has 9 heteroatoms. The van der Waals surface area contributed by atoms with E-state index in [1.165, 1.54) is 11.3 Å². The molecule has 0 radical (unpaired) electrons. The zero-order chi connectivity index (χ0) is 31.1. The number of nitrogens with one attached hydrogen (secondary N) is 2. The molecule has 7 rings (SSSR count). The van der Waals surface area contributed by atoms with E-state index in [9.17, 15) is 0 Å². The van der Waals surface area contributed by atoms with Crippen molar-refractivity contribution in [2.45, 2.75) is 38.3 Å². The zero-order valence-corrected chi connectivity index (χ0v) is 27.0. The molecule has 0 saturated carbocycles. The third-order valence-corrected chi connectivity index (χ3v) is 9.76. The van der Waals surface area contributed by atoms with Crippen molar-refractivity contribution in [1.29, 1.82) is 0 Å². The molecule has 0 amide bonds. The van der Waals surface area contributed by atoms with Gasteiger partial charge in [-0.2, -0.15) is 4.98 Å². The lowest BCUT2D eigenvalue weighted by atomic mass is 9.99. The molecule has 9 nitrogen and oxygen atoms in total. The predicted molar refractivity (Wildman–Crippen MR) is 186 cm³/mol. The highest BCUT2D eigenvalue weighted by atomic mass is 16.5. The second kappa shape index (κ2) is 14.6. The Hall–Kier alpha value is -4.08. The monoisotopic (exact) mass is 621 g/mol. The summed E-state index contributed by atoms with van der Waals surface area (Å²) in [6, 6.07) is 25.9. The van der Waals surface area contributed by atoms with Gasteiger partial charge in [0.25, 0.3) is 0 Å². The normalized spacial score (nSPS) is 18.5. The Bertz CT molecular complexity index is 1550. The number of para-hydroxylation sites is 1. The highest BCUT2D eigenvalue weighted by molar-refractivity contribution is 5.93. The van der Waals surface area contributed by atoms with Gasteiger partial charge in [-0.1, -0.05) is 48.5 Å². The first kappa shape index (κ1) is 30.6. The summed E-state index contributed by atoms with van der Waals surface area (Å²) >= 11 is 0. The molecule has 3 aliphatic heterocycles. The molecule has 4 heterocycles. The smallest absolute Gasteiger partial charge is 0.228 e. The van der Waals surface area contributed by atoms with Gasteiger partial charge in [0.15, 0.2) is 11.5 Å². The average molecular weight is 622 g/mol. The van der Waals surface area contributed by atoms with Crippen LogP contribution in [0.4, 0.5) is 17.5 Å². The number of hydrogen-bond donors (Lipinski definition) is 2. The largest absolute Gasteiger partial charge is 0.493 e. The van der Waals surface area contributed by atoms with Crippen LogP contribution < -0.4 is 29.9 Å². The zero-order valence-electron chi connectivity index (χ0n) is 27.0. The number of aromatic nitrogens is 2. The van der Waals surface area contributed by atoms with Crippen molar-refractivity contribution in [1.82, 2.24) is 20.2 Å². The quantitative estimate of drug-likeness (QED) is 0.241. The maximum absolute atomic E-state index is 6.42. The second-order valence-corrected chi connectivity index (χ2v) is 12.9. The number of piperazine rings is 1. The number of likely N-dealkylation sites (tertiary alicyclic amines) is 1. The van der Waals surface area contributed by atoms with Gasteiger partial charge in [-0.25, -0.2) is 4.98 Å². The van der Waals surface area contributed by atoms with E-state index in [0.29, 0.717) is 18.6 Å². The number of methoxy groups -OCH3 is 1. The van der Waals surface area contributed by atoms with Gasteiger partial charge in [-0.15, -0.1) is 0 Å². The molecule has 3 aliphatic rings. The lowest BCUT2D eigenvalue weighted by molar-refractivity contribution is 0.208. The van der Waals surface area contributed by atoms with Gasteiger partial charge in [0.2, 0.25) is 5.95 Å². The number of ether oxygens (including phenoxy) is 2. The van der Waals surface area contributed by atoms with Crippen LogP contribution in [0.25, 0.3) is 10.9 Å². The summed E-state index contributed by atoms with van der Waals surface area (Å²) in [7, 11) is 1.72. The van der Waals surface area contributed by atoms with Crippen LogP contribution in [0.15, 0.2) is 72.8 Å². The Morgan fingerprint density at radius 3 is 2.20 bits per heavy atom. The molecular weight excluding hydrogens is 574 g/mol. The minimum absolute atomic E-state index is 0.342. The van der Waals surface area contributed by atoms with Crippen molar-refractivity contribution in [2.24, 2.45) is 5.92 Å². The SMILES string of the molecule is COc1cc2c(NC3CCN(Cc4ccccc4)CC3)nc(N3CCN(c4ccccc4)CC3)nc2cc1OCC1CCNCC1. The minimum atomic E-state index is 0.342. The molecule has 1 aromatic heterocycles. The Morgan fingerprint density at radius 2 is 1.48 bits per heavy atom. The van der Waals surface area contributed by atoms with Crippen molar-refractivity contribution in [3.05, 3.63) is 78.4 Å². The minimum Gasteiger partial charge on any atom is -0.493 e. The van der Waals surface area contributed by atoms with Crippen LogP contribution in [-0.4, -0.2) is 87.0 Å². The van der Waals surface area contributed by atoms with Gasteiger partial charge >= 0.3 is 0 Å². The second-order valence-electron chi connectivity index (χ2n) is 12.9. The van der Waals surface area contributed by atoms with Crippen LogP contribution in [0.3, 0.4) is 0 Å². The van der Waals surface area contributed by atoms with Crippen molar-refractivity contribution in [3.8, 4) is 11.5 Å².